The van der Waals surface area contributed by atoms with E-state index < -0.39 is 24.4 Å². The fourth-order valence-electron chi connectivity index (χ4n) is 3.75. The predicted molar refractivity (Wildman–Crippen MR) is 117 cm³/mol. The number of rotatable bonds is 7. The van der Waals surface area contributed by atoms with Crippen molar-refractivity contribution in [3.05, 3.63) is 76.9 Å². The number of aromatic nitrogens is 2. The molecule has 1 N–H and O–H groups in total. The lowest BCUT2D eigenvalue weighted by atomic mass is 10.2. The largest absolute Gasteiger partial charge is 0.467 e. The Morgan fingerprint density at radius 3 is 2.61 bits per heavy atom. The molecule has 33 heavy (non-hydrogen) atoms. The van der Waals surface area contributed by atoms with Gasteiger partial charge in [-0.2, -0.15) is 23.0 Å². The number of ether oxygens (including phenoxy) is 1. The Balaban J connectivity index is 1.37. The molecule has 10 heteroatoms. The van der Waals surface area contributed by atoms with Crippen molar-refractivity contribution < 1.29 is 22.7 Å². The lowest BCUT2D eigenvalue weighted by molar-refractivity contribution is -0.141. The van der Waals surface area contributed by atoms with Gasteiger partial charge in [0, 0.05) is 31.7 Å². The van der Waals surface area contributed by atoms with Crippen LogP contribution in [-0.2, 0) is 17.5 Å². The average Bonchev–Trinajstić information content (AvgIpc) is 3.40. The van der Waals surface area contributed by atoms with Gasteiger partial charge in [0.15, 0.2) is 12.3 Å². The van der Waals surface area contributed by atoms with Crippen molar-refractivity contribution in [1.29, 1.82) is 0 Å². The van der Waals surface area contributed by atoms with E-state index in [2.05, 4.69) is 27.4 Å². The van der Waals surface area contributed by atoms with Crippen LogP contribution in [0.5, 0.6) is 5.88 Å². The molecule has 0 bridgehead atoms. The van der Waals surface area contributed by atoms with Crippen LogP contribution in [0, 0.1) is 0 Å². The van der Waals surface area contributed by atoms with E-state index in [4.69, 9.17) is 16.3 Å². The molecule has 6 nitrogen and oxygen atoms in total. The van der Waals surface area contributed by atoms with Gasteiger partial charge in [-0.1, -0.05) is 54.1 Å². The topological polar surface area (TPSA) is 59.4 Å². The average molecular weight is 479 g/mol. The summed E-state index contributed by atoms with van der Waals surface area (Å²) in [5.41, 5.74) is 0.281. The molecule has 1 aromatic heterocycles. The van der Waals surface area contributed by atoms with Gasteiger partial charge < -0.3 is 10.1 Å². The minimum Gasteiger partial charge on any atom is -0.467 e. The van der Waals surface area contributed by atoms with Gasteiger partial charge in [-0.25, -0.2) is 0 Å². The van der Waals surface area contributed by atoms with Crippen molar-refractivity contribution in [1.82, 2.24) is 20.0 Å². The highest BCUT2D eigenvalue weighted by Gasteiger charge is 2.36. The van der Waals surface area contributed by atoms with Crippen LogP contribution in [0.15, 0.2) is 60.7 Å². The summed E-state index contributed by atoms with van der Waals surface area (Å²) >= 11 is 6.12. The first-order valence-corrected chi connectivity index (χ1v) is 10.8. The third kappa shape index (κ3) is 5.85. The van der Waals surface area contributed by atoms with E-state index in [0.717, 1.165) is 30.3 Å². The molecule has 0 radical (unpaired) electrons. The lowest BCUT2D eigenvalue weighted by Crippen LogP contribution is -2.39. The zero-order chi connectivity index (χ0) is 23.4. The fraction of sp³-hybridized carbons (Fsp3) is 0.304. The molecule has 0 unspecified atom stereocenters. The summed E-state index contributed by atoms with van der Waals surface area (Å²) in [7, 11) is 0. The molecule has 3 aromatic rings. The molecule has 1 amide bonds. The summed E-state index contributed by atoms with van der Waals surface area (Å²) < 4.78 is 46.0. The number of carbonyl (C=O) groups excluding carboxylic acids is 1. The Morgan fingerprint density at radius 2 is 1.88 bits per heavy atom. The summed E-state index contributed by atoms with van der Waals surface area (Å²) in [4.78, 5) is 14.7. The van der Waals surface area contributed by atoms with E-state index in [1.54, 1.807) is 12.1 Å². The number of hydrogen-bond donors (Lipinski definition) is 1. The molecule has 1 aliphatic rings. The second-order valence-corrected chi connectivity index (χ2v) is 8.20. The zero-order valence-corrected chi connectivity index (χ0v) is 18.3. The quantitative estimate of drug-likeness (QED) is 0.549. The van der Waals surface area contributed by atoms with Gasteiger partial charge in [0.25, 0.3) is 5.91 Å². The van der Waals surface area contributed by atoms with Gasteiger partial charge in [0.05, 0.1) is 10.7 Å². The summed E-state index contributed by atoms with van der Waals surface area (Å²) in [6, 6.07) is 17.1. The summed E-state index contributed by atoms with van der Waals surface area (Å²) in [6.45, 7) is 1.88. The molecular formula is C23H22ClF3N4O2. The van der Waals surface area contributed by atoms with Crippen molar-refractivity contribution >= 4 is 17.5 Å². The first-order chi connectivity index (χ1) is 15.8. The number of hydrogen-bond acceptors (Lipinski definition) is 4. The van der Waals surface area contributed by atoms with E-state index in [1.165, 1.54) is 17.7 Å². The summed E-state index contributed by atoms with van der Waals surface area (Å²) in [6.07, 6.45) is -3.88. The second-order valence-electron chi connectivity index (χ2n) is 7.79. The number of alkyl halides is 3. The number of nitrogens with zero attached hydrogens (tertiary/aromatic N) is 3. The van der Waals surface area contributed by atoms with Crippen LogP contribution < -0.4 is 10.1 Å². The Kier molecular flexibility index (Phi) is 6.90. The molecule has 2 heterocycles. The number of para-hydroxylation sites is 1. The molecular weight excluding hydrogens is 457 g/mol. The number of nitrogens with one attached hydrogen (secondary N) is 1. The molecule has 4 rings (SSSR count). The Bertz CT molecular complexity index is 1100. The third-order valence-corrected chi connectivity index (χ3v) is 5.61. The van der Waals surface area contributed by atoms with E-state index in [1.807, 2.05) is 18.2 Å². The molecule has 1 saturated heterocycles. The van der Waals surface area contributed by atoms with Crippen LogP contribution in [0.2, 0.25) is 5.02 Å². The monoisotopic (exact) mass is 478 g/mol. The van der Waals surface area contributed by atoms with Crippen molar-refractivity contribution in [2.24, 2.45) is 0 Å². The molecule has 0 saturated carbocycles. The predicted octanol–water partition coefficient (Wildman–Crippen LogP) is 4.31. The third-order valence-electron chi connectivity index (χ3n) is 5.29. The van der Waals surface area contributed by atoms with E-state index in [-0.39, 0.29) is 22.6 Å². The van der Waals surface area contributed by atoms with Gasteiger partial charge in [-0.15, -0.1) is 0 Å². The van der Waals surface area contributed by atoms with Crippen molar-refractivity contribution in [3.8, 4) is 11.6 Å². The highest BCUT2D eigenvalue weighted by molar-refractivity contribution is 6.32. The van der Waals surface area contributed by atoms with Gasteiger partial charge in [-0.3, -0.25) is 9.69 Å². The molecule has 0 spiro atoms. The van der Waals surface area contributed by atoms with Gasteiger partial charge >= 0.3 is 6.18 Å². The fourth-order valence-corrected chi connectivity index (χ4v) is 3.96. The highest BCUT2D eigenvalue weighted by Crippen LogP contribution is 2.33. The van der Waals surface area contributed by atoms with Crippen molar-refractivity contribution in [2.75, 3.05) is 19.7 Å². The standard InChI is InChI=1S/C23H22ClF3N4O2/c24-18-8-4-5-9-19(18)31-22(12-20(29-31)23(25,26)27)33-15-21(32)28-17-10-11-30(14-17)13-16-6-2-1-3-7-16/h1-9,12,17H,10-11,13-15H2,(H,28,32)/t17-/m0/s1. The first-order valence-electron chi connectivity index (χ1n) is 10.4. The second kappa shape index (κ2) is 9.84. The van der Waals surface area contributed by atoms with Gasteiger partial charge in [0.2, 0.25) is 5.88 Å². The van der Waals surface area contributed by atoms with Crippen LogP contribution in [0.4, 0.5) is 13.2 Å². The molecule has 1 aliphatic heterocycles. The number of carbonyl (C=O) groups is 1. The van der Waals surface area contributed by atoms with Crippen LogP contribution in [0.25, 0.3) is 5.69 Å². The van der Waals surface area contributed by atoms with Crippen molar-refractivity contribution in [2.45, 2.75) is 25.2 Å². The maximum absolute atomic E-state index is 13.2. The first kappa shape index (κ1) is 23.1. The maximum atomic E-state index is 13.2. The SMILES string of the molecule is O=C(COc1cc(C(F)(F)F)nn1-c1ccccc1Cl)N[C@H]1CCN(Cc2ccccc2)C1. The molecule has 174 valence electrons. The van der Waals surface area contributed by atoms with Gasteiger partial charge in [-0.05, 0) is 24.1 Å². The number of halogens is 4. The van der Waals surface area contributed by atoms with E-state index in [9.17, 15) is 18.0 Å². The van der Waals surface area contributed by atoms with Crippen LogP contribution >= 0.6 is 11.6 Å². The minimum absolute atomic E-state index is 0.0518. The van der Waals surface area contributed by atoms with Crippen LogP contribution in [0.3, 0.4) is 0 Å². The van der Waals surface area contributed by atoms with E-state index >= 15 is 0 Å². The van der Waals surface area contributed by atoms with Gasteiger partial charge in [0.1, 0.15) is 0 Å². The Hall–Kier alpha value is -3.04. The summed E-state index contributed by atoms with van der Waals surface area (Å²) in [5, 5.41) is 6.68. The Morgan fingerprint density at radius 1 is 1.15 bits per heavy atom. The molecule has 1 atom stereocenters. The highest BCUT2D eigenvalue weighted by atomic mass is 35.5. The lowest BCUT2D eigenvalue weighted by Gasteiger charge is -2.17. The molecule has 0 aliphatic carbocycles. The number of amides is 1. The Labute approximate surface area is 193 Å². The zero-order valence-electron chi connectivity index (χ0n) is 17.6. The molecule has 2 aromatic carbocycles. The number of likely N-dealkylation sites (tertiary alicyclic amines) is 1. The van der Waals surface area contributed by atoms with Crippen LogP contribution in [0.1, 0.15) is 17.7 Å². The number of benzene rings is 2. The summed E-state index contributed by atoms with van der Waals surface area (Å²) in [5.74, 6) is -0.635. The maximum Gasteiger partial charge on any atom is 0.435 e. The molecule has 1 fully saturated rings. The van der Waals surface area contributed by atoms with Crippen molar-refractivity contribution in [3.63, 3.8) is 0 Å². The van der Waals surface area contributed by atoms with Crippen LogP contribution in [-0.4, -0.2) is 46.3 Å². The van der Waals surface area contributed by atoms with E-state index in [0.29, 0.717) is 6.54 Å². The minimum atomic E-state index is -4.67. The smallest absolute Gasteiger partial charge is 0.435 e. The normalized spacial score (nSPS) is 16.7.